The third kappa shape index (κ3) is 3.70. The molecule has 1 N–H and O–H groups in total. The molecule has 1 atom stereocenters. The Kier molecular flexibility index (Phi) is 5.52. The van der Waals surface area contributed by atoms with Crippen LogP contribution in [0.1, 0.15) is 59.6 Å². The van der Waals surface area contributed by atoms with E-state index in [1.807, 2.05) is 17.3 Å². The maximum absolute atomic E-state index is 13.2. The molecule has 6 nitrogen and oxygen atoms in total. The van der Waals surface area contributed by atoms with Crippen LogP contribution in [0.25, 0.3) is 22.0 Å². The van der Waals surface area contributed by atoms with Gasteiger partial charge >= 0.3 is 0 Å². The van der Waals surface area contributed by atoms with Gasteiger partial charge in [-0.15, -0.1) is 0 Å². The number of hydrogen-bond donors (Lipinski definition) is 1. The van der Waals surface area contributed by atoms with Crippen LogP contribution in [0.2, 0.25) is 0 Å². The summed E-state index contributed by atoms with van der Waals surface area (Å²) in [5.41, 5.74) is 6.37. The average molecular weight is 429 g/mol. The van der Waals surface area contributed by atoms with E-state index in [1.165, 1.54) is 27.7 Å². The molecule has 1 aromatic carbocycles. The number of hydrogen-bond acceptors (Lipinski definition) is 4. The van der Waals surface area contributed by atoms with Gasteiger partial charge in [0.25, 0.3) is 5.91 Å². The highest BCUT2D eigenvalue weighted by atomic mass is 16.5. The number of pyridine rings is 1. The molecule has 1 amide bonds. The van der Waals surface area contributed by atoms with Crippen LogP contribution in [-0.4, -0.2) is 39.0 Å². The van der Waals surface area contributed by atoms with Gasteiger partial charge in [0, 0.05) is 66.0 Å². The minimum atomic E-state index is -0.0430. The smallest absolute Gasteiger partial charge is 0.276 e. The first kappa shape index (κ1) is 20.5. The molecule has 1 saturated heterocycles. The minimum Gasteiger partial charge on any atom is -0.361 e. The number of amides is 1. The third-order valence-corrected chi connectivity index (χ3v) is 6.43. The highest BCUT2D eigenvalue weighted by Gasteiger charge is 2.30. The number of aryl methyl sites for hydroxylation is 2. The zero-order chi connectivity index (χ0) is 22.1. The first-order valence-electron chi connectivity index (χ1n) is 11.4. The predicted molar refractivity (Wildman–Crippen MR) is 125 cm³/mol. The van der Waals surface area contributed by atoms with Gasteiger partial charge in [-0.2, -0.15) is 0 Å². The van der Waals surface area contributed by atoms with Crippen LogP contribution in [0.3, 0.4) is 0 Å². The van der Waals surface area contributed by atoms with Crippen molar-refractivity contribution in [1.29, 1.82) is 0 Å². The number of likely N-dealkylation sites (tertiary alicyclic amines) is 1. The lowest BCUT2D eigenvalue weighted by atomic mass is 9.89. The summed E-state index contributed by atoms with van der Waals surface area (Å²) in [5.74, 6) is 0.957. The fourth-order valence-electron chi connectivity index (χ4n) is 4.86. The van der Waals surface area contributed by atoms with Crippen LogP contribution in [-0.2, 0) is 6.42 Å². The molecular formula is C26H28N4O2. The highest BCUT2D eigenvalue weighted by molar-refractivity contribution is 5.99. The lowest BCUT2D eigenvalue weighted by molar-refractivity contribution is 0.0695. The predicted octanol–water partition coefficient (Wildman–Crippen LogP) is 5.50. The van der Waals surface area contributed by atoms with E-state index in [4.69, 9.17) is 4.52 Å². The fraction of sp³-hybridized carbons (Fsp3) is 0.346. The zero-order valence-corrected chi connectivity index (χ0v) is 18.6. The SMILES string of the molecule is CCCc1cc(C(=O)N2CCCC(c3[nH]c4c(C)cccc4c3-c3ccncc3)C2)no1. The van der Waals surface area contributed by atoms with E-state index in [2.05, 4.69) is 59.3 Å². The van der Waals surface area contributed by atoms with E-state index in [9.17, 15) is 4.79 Å². The van der Waals surface area contributed by atoms with Crippen molar-refractivity contribution in [2.45, 2.75) is 45.4 Å². The Labute approximate surface area is 187 Å². The van der Waals surface area contributed by atoms with Crippen LogP contribution in [0.5, 0.6) is 0 Å². The Morgan fingerprint density at radius 3 is 2.91 bits per heavy atom. The van der Waals surface area contributed by atoms with Crippen LogP contribution in [0.15, 0.2) is 53.3 Å². The maximum Gasteiger partial charge on any atom is 0.276 e. The quantitative estimate of drug-likeness (QED) is 0.455. The lowest BCUT2D eigenvalue weighted by Crippen LogP contribution is -2.39. The minimum absolute atomic E-state index is 0.0430. The van der Waals surface area contributed by atoms with E-state index in [0.717, 1.165) is 43.6 Å². The molecule has 4 heterocycles. The molecule has 6 heteroatoms. The van der Waals surface area contributed by atoms with Crippen molar-refractivity contribution in [3.05, 3.63) is 71.5 Å². The van der Waals surface area contributed by atoms with Gasteiger partial charge in [-0.05, 0) is 49.4 Å². The number of benzene rings is 1. The molecule has 1 fully saturated rings. The maximum atomic E-state index is 13.2. The zero-order valence-electron chi connectivity index (χ0n) is 18.6. The van der Waals surface area contributed by atoms with Crippen molar-refractivity contribution in [2.24, 2.45) is 0 Å². The fourth-order valence-corrected chi connectivity index (χ4v) is 4.86. The summed E-state index contributed by atoms with van der Waals surface area (Å²) in [5, 5.41) is 5.26. The van der Waals surface area contributed by atoms with Crippen molar-refractivity contribution in [3.8, 4) is 11.1 Å². The number of fused-ring (bicyclic) bond motifs is 1. The van der Waals surface area contributed by atoms with Crippen LogP contribution >= 0.6 is 0 Å². The van der Waals surface area contributed by atoms with Gasteiger partial charge in [-0.25, -0.2) is 0 Å². The average Bonchev–Trinajstić information content (AvgIpc) is 3.45. The second-order valence-electron chi connectivity index (χ2n) is 8.67. The Balaban J connectivity index is 1.50. The molecule has 1 unspecified atom stereocenters. The van der Waals surface area contributed by atoms with Gasteiger partial charge < -0.3 is 14.4 Å². The van der Waals surface area contributed by atoms with Crippen molar-refractivity contribution < 1.29 is 9.32 Å². The summed E-state index contributed by atoms with van der Waals surface area (Å²) < 4.78 is 5.35. The highest BCUT2D eigenvalue weighted by Crippen LogP contribution is 2.40. The number of aromatic amines is 1. The number of para-hydroxylation sites is 1. The summed E-state index contributed by atoms with van der Waals surface area (Å²) in [6.45, 7) is 5.63. The normalized spacial score (nSPS) is 16.6. The molecule has 164 valence electrons. The monoisotopic (exact) mass is 428 g/mol. The molecular weight excluding hydrogens is 400 g/mol. The van der Waals surface area contributed by atoms with Crippen LogP contribution in [0, 0.1) is 6.92 Å². The van der Waals surface area contributed by atoms with E-state index in [-0.39, 0.29) is 11.8 Å². The molecule has 0 radical (unpaired) electrons. The second-order valence-corrected chi connectivity index (χ2v) is 8.67. The molecule has 0 bridgehead atoms. The molecule has 1 aliphatic rings. The molecule has 0 aliphatic carbocycles. The van der Waals surface area contributed by atoms with E-state index >= 15 is 0 Å². The largest absolute Gasteiger partial charge is 0.361 e. The molecule has 0 saturated carbocycles. The van der Waals surface area contributed by atoms with Gasteiger partial charge in [0.05, 0.1) is 0 Å². The molecule has 4 aromatic rings. The standard InChI is InChI=1S/C26H28N4O2/c1-3-6-20-15-22(29-32-20)26(31)30-14-5-8-19(16-30)25-23(18-10-12-27-13-11-18)21-9-4-7-17(2)24(21)28-25/h4,7,9-13,15,19,28H,3,5-6,8,14,16H2,1-2H3. The Bertz CT molecular complexity index is 1240. The van der Waals surface area contributed by atoms with E-state index in [0.29, 0.717) is 12.2 Å². The van der Waals surface area contributed by atoms with Crippen molar-refractivity contribution >= 4 is 16.8 Å². The van der Waals surface area contributed by atoms with Crippen molar-refractivity contribution in [2.75, 3.05) is 13.1 Å². The van der Waals surface area contributed by atoms with Gasteiger partial charge in [0.1, 0.15) is 5.76 Å². The lowest BCUT2D eigenvalue weighted by Gasteiger charge is -2.32. The molecule has 0 spiro atoms. The van der Waals surface area contributed by atoms with Crippen molar-refractivity contribution in [1.82, 2.24) is 20.0 Å². The number of piperidine rings is 1. The topological polar surface area (TPSA) is 75.0 Å². The van der Waals surface area contributed by atoms with E-state index in [1.54, 1.807) is 6.07 Å². The molecule has 3 aromatic heterocycles. The molecule has 1 aliphatic heterocycles. The first-order valence-corrected chi connectivity index (χ1v) is 11.4. The third-order valence-electron chi connectivity index (χ3n) is 6.43. The second kappa shape index (κ2) is 8.61. The first-order chi connectivity index (χ1) is 15.7. The van der Waals surface area contributed by atoms with Crippen molar-refractivity contribution in [3.63, 3.8) is 0 Å². The summed E-state index contributed by atoms with van der Waals surface area (Å²) in [4.78, 5) is 23.0. The summed E-state index contributed by atoms with van der Waals surface area (Å²) in [7, 11) is 0. The summed E-state index contributed by atoms with van der Waals surface area (Å²) >= 11 is 0. The molecule has 32 heavy (non-hydrogen) atoms. The number of H-pyrrole nitrogens is 1. The number of carbonyl (C=O) groups is 1. The molecule has 5 rings (SSSR count). The summed E-state index contributed by atoms with van der Waals surface area (Å²) in [6, 6.07) is 12.3. The number of rotatable bonds is 5. The number of nitrogens with one attached hydrogen (secondary N) is 1. The Morgan fingerprint density at radius 1 is 1.25 bits per heavy atom. The number of nitrogens with zero attached hydrogens (tertiary/aromatic N) is 3. The number of aromatic nitrogens is 3. The van der Waals surface area contributed by atoms with Crippen LogP contribution in [0.4, 0.5) is 0 Å². The van der Waals surface area contributed by atoms with Gasteiger partial charge in [0.2, 0.25) is 0 Å². The van der Waals surface area contributed by atoms with Gasteiger partial charge in [-0.1, -0.05) is 30.3 Å². The Hall–Kier alpha value is -3.41. The van der Waals surface area contributed by atoms with Gasteiger partial charge in [0.15, 0.2) is 5.69 Å². The van der Waals surface area contributed by atoms with E-state index < -0.39 is 0 Å². The van der Waals surface area contributed by atoms with Gasteiger partial charge in [-0.3, -0.25) is 9.78 Å². The van der Waals surface area contributed by atoms with Crippen LogP contribution < -0.4 is 0 Å². The Morgan fingerprint density at radius 2 is 2.09 bits per heavy atom. The number of carbonyl (C=O) groups excluding carboxylic acids is 1. The summed E-state index contributed by atoms with van der Waals surface area (Å²) in [6.07, 6.45) is 7.43.